The fourth-order valence-electron chi connectivity index (χ4n) is 6.19. The maximum Gasteiger partial charge on any atom is 0.416 e. The van der Waals surface area contributed by atoms with E-state index in [1.54, 1.807) is 43.3 Å². The van der Waals surface area contributed by atoms with Crippen LogP contribution >= 0.6 is 0 Å². The highest BCUT2D eigenvalue weighted by atomic mass is 32.2. The van der Waals surface area contributed by atoms with Crippen molar-refractivity contribution in [3.63, 3.8) is 0 Å². The van der Waals surface area contributed by atoms with Gasteiger partial charge in [0.25, 0.3) is 5.91 Å². The van der Waals surface area contributed by atoms with Crippen molar-refractivity contribution in [3.8, 4) is 0 Å². The van der Waals surface area contributed by atoms with Gasteiger partial charge in [-0.05, 0) is 78.9 Å². The number of benzene rings is 3. The summed E-state index contributed by atoms with van der Waals surface area (Å²) in [6, 6.07) is 18.2. The first-order valence-electron chi connectivity index (χ1n) is 15.6. The summed E-state index contributed by atoms with van der Waals surface area (Å²) in [4.78, 5) is 17.9. The lowest BCUT2D eigenvalue weighted by atomic mass is 9.86. The Balaban J connectivity index is 1.31. The number of aliphatic hydroxyl groups excluding tert-OH is 1. The highest BCUT2D eigenvalue weighted by Crippen LogP contribution is 2.36. The molecule has 0 spiro atoms. The van der Waals surface area contributed by atoms with Crippen LogP contribution in [-0.2, 0) is 20.8 Å². The van der Waals surface area contributed by atoms with Gasteiger partial charge in [0.2, 0.25) is 0 Å². The van der Waals surface area contributed by atoms with Crippen molar-refractivity contribution in [1.29, 1.82) is 0 Å². The second-order valence-electron chi connectivity index (χ2n) is 11.9. The van der Waals surface area contributed by atoms with E-state index in [9.17, 15) is 31.5 Å². The number of rotatable bonds is 10. The quantitative estimate of drug-likeness (QED) is 0.301. The average molecular weight is 660 g/mol. The zero-order valence-electron chi connectivity index (χ0n) is 25.7. The van der Waals surface area contributed by atoms with Crippen LogP contribution in [0.25, 0.3) is 0 Å². The number of halogens is 3. The van der Waals surface area contributed by atoms with Crippen molar-refractivity contribution in [2.75, 3.05) is 50.2 Å². The Morgan fingerprint density at radius 2 is 1.72 bits per heavy atom. The summed E-state index contributed by atoms with van der Waals surface area (Å²) >= 11 is 0. The van der Waals surface area contributed by atoms with Gasteiger partial charge >= 0.3 is 6.18 Å². The van der Waals surface area contributed by atoms with Crippen molar-refractivity contribution >= 4 is 21.4 Å². The summed E-state index contributed by atoms with van der Waals surface area (Å²) in [6.07, 6.45) is -1.73. The standard InChI is InChI=1S/C34H40F3N3O5S/c1-2-46(43,44)31-16-9-25(10-17-31)32(22-41)38-33(42)26-6-13-29(14-7-26)40-20-27(24-4-11-28(12-5-24)34(35,36)37)8-15-30(40)21-39-18-3-19-45-23-39/h4-7,9-14,16-17,27,30,32,41H,2-3,8,15,18-23H2,1H3,(H,38,42)/t27?,30-,32-/m0/s1. The van der Waals surface area contributed by atoms with Gasteiger partial charge in [-0.3, -0.25) is 9.69 Å². The summed E-state index contributed by atoms with van der Waals surface area (Å²) in [7, 11) is -3.37. The second kappa shape index (κ2) is 14.5. The molecule has 2 aliphatic rings. The van der Waals surface area contributed by atoms with Crippen LogP contribution in [0, 0.1) is 0 Å². The number of hydrogen-bond donors (Lipinski definition) is 2. The van der Waals surface area contributed by atoms with E-state index >= 15 is 0 Å². The largest absolute Gasteiger partial charge is 0.416 e. The lowest BCUT2D eigenvalue weighted by molar-refractivity contribution is -0.137. The fraction of sp³-hybridized carbons (Fsp3) is 0.441. The molecule has 2 saturated heterocycles. The molecule has 0 aromatic heterocycles. The Bertz CT molecular complexity index is 1560. The van der Waals surface area contributed by atoms with E-state index in [1.807, 2.05) is 12.1 Å². The normalized spacial score (nSPS) is 20.3. The lowest BCUT2D eigenvalue weighted by Crippen LogP contribution is -2.50. The lowest BCUT2D eigenvalue weighted by Gasteiger charge is -2.44. The van der Waals surface area contributed by atoms with Crippen molar-refractivity contribution < 1.29 is 36.2 Å². The molecule has 2 fully saturated rings. The Morgan fingerprint density at radius 3 is 2.30 bits per heavy atom. The Labute approximate surface area is 268 Å². The molecular weight excluding hydrogens is 619 g/mol. The first-order valence-corrected chi connectivity index (χ1v) is 17.2. The number of nitrogens with zero attached hydrogens (tertiary/aromatic N) is 2. The third kappa shape index (κ3) is 8.09. The van der Waals surface area contributed by atoms with Crippen LogP contribution < -0.4 is 10.2 Å². The summed E-state index contributed by atoms with van der Waals surface area (Å²) in [5.41, 5.74) is 2.08. The van der Waals surface area contributed by atoms with E-state index in [1.165, 1.54) is 12.1 Å². The molecule has 0 radical (unpaired) electrons. The minimum atomic E-state index is -4.38. The molecule has 8 nitrogen and oxygen atoms in total. The molecule has 248 valence electrons. The molecule has 0 saturated carbocycles. The number of piperidine rings is 1. The Kier molecular flexibility index (Phi) is 10.7. The third-order valence-corrected chi connectivity index (χ3v) is 10.6. The van der Waals surface area contributed by atoms with Gasteiger partial charge in [-0.2, -0.15) is 13.2 Å². The second-order valence-corrected chi connectivity index (χ2v) is 14.2. The number of alkyl halides is 3. The number of carbonyl (C=O) groups excluding carboxylic acids is 1. The van der Waals surface area contributed by atoms with Gasteiger partial charge in [0, 0.05) is 49.5 Å². The minimum Gasteiger partial charge on any atom is -0.394 e. The van der Waals surface area contributed by atoms with E-state index in [2.05, 4.69) is 15.1 Å². The summed E-state index contributed by atoms with van der Waals surface area (Å²) < 4.78 is 69.4. The van der Waals surface area contributed by atoms with Crippen LogP contribution in [0.3, 0.4) is 0 Å². The van der Waals surface area contributed by atoms with Crippen LogP contribution in [0.5, 0.6) is 0 Å². The molecule has 1 unspecified atom stereocenters. The van der Waals surface area contributed by atoms with E-state index in [0.717, 1.165) is 62.3 Å². The highest BCUT2D eigenvalue weighted by molar-refractivity contribution is 7.91. The maximum absolute atomic E-state index is 13.2. The van der Waals surface area contributed by atoms with Gasteiger partial charge in [0.05, 0.1) is 35.6 Å². The summed E-state index contributed by atoms with van der Waals surface area (Å²) in [5.74, 6) is -0.370. The predicted octanol–water partition coefficient (Wildman–Crippen LogP) is 5.39. The molecule has 1 amide bonds. The molecule has 3 aromatic rings. The minimum absolute atomic E-state index is 0.0247. The highest BCUT2D eigenvalue weighted by Gasteiger charge is 2.33. The van der Waals surface area contributed by atoms with Crippen LogP contribution in [0.15, 0.2) is 77.7 Å². The van der Waals surface area contributed by atoms with Gasteiger partial charge < -0.3 is 20.1 Å². The molecule has 3 atom stereocenters. The summed E-state index contributed by atoms with van der Waals surface area (Å²) in [5, 5.41) is 12.8. The SMILES string of the molecule is CCS(=O)(=O)c1ccc([C@H](CO)NC(=O)c2ccc(N3CC(c4ccc(C(F)(F)F)cc4)CC[C@H]3CN3CCCOC3)cc2)cc1. The smallest absolute Gasteiger partial charge is 0.394 e. The number of sulfone groups is 1. The number of anilines is 1. The molecular formula is C34H40F3N3O5S. The number of amides is 1. The van der Waals surface area contributed by atoms with Gasteiger partial charge in [-0.15, -0.1) is 0 Å². The first-order chi connectivity index (χ1) is 22.0. The third-order valence-electron chi connectivity index (χ3n) is 8.89. The zero-order chi connectivity index (χ0) is 32.9. The maximum atomic E-state index is 13.2. The van der Waals surface area contributed by atoms with Crippen LogP contribution in [0.2, 0.25) is 0 Å². The predicted molar refractivity (Wildman–Crippen MR) is 169 cm³/mol. The van der Waals surface area contributed by atoms with Gasteiger partial charge in [0.15, 0.2) is 9.84 Å². The molecule has 12 heteroatoms. The molecule has 3 aromatic carbocycles. The number of carbonyl (C=O) groups is 1. The molecule has 46 heavy (non-hydrogen) atoms. The van der Waals surface area contributed by atoms with Crippen LogP contribution in [0.1, 0.15) is 65.2 Å². The van der Waals surface area contributed by atoms with Crippen LogP contribution in [-0.4, -0.2) is 75.7 Å². The van der Waals surface area contributed by atoms with Crippen LogP contribution in [0.4, 0.5) is 18.9 Å². The van der Waals surface area contributed by atoms with Crippen molar-refractivity contribution in [1.82, 2.24) is 10.2 Å². The van der Waals surface area contributed by atoms with Gasteiger partial charge in [-0.25, -0.2) is 8.42 Å². The molecule has 5 rings (SSSR count). The van der Waals surface area contributed by atoms with Crippen molar-refractivity contribution in [3.05, 3.63) is 95.1 Å². The van der Waals surface area contributed by atoms with E-state index in [4.69, 9.17) is 4.74 Å². The Hall–Kier alpha value is -3.45. The van der Waals surface area contributed by atoms with Crippen molar-refractivity contribution in [2.45, 2.75) is 55.3 Å². The zero-order valence-corrected chi connectivity index (χ0v) is 26.6. The number of hydrogen-bond acceptors (Lipinski definition) is 7. The number of nitrogens with one attached hydrogen (secondary N) is 1. The monoisotopic (exact) mass is 659 g/mol. The van der Waals surface area contributed by atoms with Gasteiger partial charge in [-0.1, -0.05) is 31.2 Å². The fourth-order valence-corrected chi connectivity index (χ4v) is 7.08. The van der Waals surface area contributed by atoms with E-state index in [-0.39, 0.29) is 35.1 Å². The van der Waals surface area contributed by atoms with Crippen molar-refractivity contribution in [2.24, 2.45) is 0 Å². The molecule has 2 aliphatic heterocycles. The molecule has 0 aliphatic carbocycles. The van der Waals surface area contributed by atoms with E-state index < -0.39 is 27.6 Å². The molecule has 0 bridgehead atoms. The van der Waals surface area contributed by atoms with Gasteiger partial charge in [0.1, 0.15) is 0 Å². The molecule has 2 N–H and O–H groups in total. The summed E-state index contributed by atoms with van der Waals surface area (Å²) in [6.45, 7) is 4.85. The average Bonchev–Trinajstić information content (AvgIpc) is 3.07. The number of aliphatic hydroxyl groups is 1. The topological polar surface area (TPSA) is 99.2 Å². The molecule has 2 heterocycles. The first kappa shape index (κ1) is 33.9. The van der Waals surface area contributed by atoms with E-state index in [0.29, 0.717) is 24.4 Å². The number of ether oxygens (including phenoxy) is 1. The Morgan fingerprint density at radius 1 is 1.02 bits per heavy atom.